The van der Waals surface area contributed by atoms with Crippen molar-refractivity contribution in [1.82, 2.24) is 0 Å². The molecule has 21 heavy (non-hydrogen) atoms. The van der Waals surface area contributed by atoms with Gasteiger partial charge in [0.1, 0.15) is 5.75 Å². The maximum absolute atomic E-state index is 5.90. The van der Waals surface area contributed by atoms with Crippen LogP contribution in [0.3, 0.4) is 0 Å². The molecule has 0 aliphatic heterocycles. The first kappa shape index (κ1) is 15.7. The van der Waals surface area contributed by atoms with E-state index in [2.05, 4.69) is 10.3 Å². The van der Waals surface area contributed by atoms with E-state index in [1.807, 2.05) is 24.3 Å². The third kappa shape index (κ3) is 5.66. The summed E-state index contributed by atoms with van der Waals surface area (Å²) in [6.07, 6.45) is 9.49. The molecule has 1 fully saturated rings. The van der Waals surface area contributed by atoms with Crippen molar-refractivity contribution in [1.29, 1.82) is 0 Å². The number of nitrogens with one attached hydrogen (secondary N) is 1. The van der Waals surface area contributed by atoms with E-state index in [0.29, 0.717) is 5.96 Å². The molecule has 0 atom stereocenters. The number of aliphatic imine (C=N–C) groups is 1. The van der Waals surface area contributed by atoms with Crippen LogP contribution >= 0.6 is 0 Å². The zero-order chi connectivity index (χ0) is 14.9. The van der Waals surface area contributed by atoms with Crippen molar-refractivity contribution in [2.75, 3.05) is 19.0 Å². The molecule has 0 heterocycles. The molecular weight excluding hydrogens is 262 g/mol. The lowest BCUT2D eigenvalue weighted by molar-refractivity contribution is 0.334. The number of guanidine groups is 1. The monoisotopic (exact) mass is 289 g/mol. The highest BCUT2D eigenvalue weighted by molar-refractivity contribution is 5.92. The van der Waals surface area contributed by atoms with Gasteiger partial charge in [-0.1, -0.05) is 32.1 Å². The fourth-order valence-corrected chi connectivity index (χ4v) is 2.92. The number of rotatable bonds is 6. The zero-order valence-electron chi connectivity index (χ0n) is 13.0. The van der Waals surface area contributed by atoms with Gasteiger partial charge in [-0.3, -0.25) is 4.99 Å². The molecule has 0 radical (unpaired) electrons. The van der Waals surface area contributed by atoms with Crippen LogP contribution in [-0.4, -0.2) is 19.6 Å². The third-order valence-electron chi connectivity index (χ3n) is 4.14. The third-order valence-corrected chi connectivity index (χ3v) is 4.14. The Morgan fingerprint density at radius 2 is 1.95 bits per heavy atom. The van der Waals surface area contributed by atoms with Gasteiger partial charge in [-0.2, -0.15) is 0 Å². The topological polar surface area (TPSA) is 59.6 Å². The highest BCUT2D eigenvalue weighted by atomic mass is 16.5. The van der Waals surface area contributed by atoms with E-state index in [1.165, 1.54) is 38.5 Å². The van der Waals surface area contributed by atoms with Crippen LogP contribution in [0.4, 0.5) is 5.69 Å². The number of methoxy groups -OCH3 is 1. The molecule has 1 aliphatic rings. The Labute approximate surface area is 127 Å². The molecule has 3 N–H and O–H groups in total. The molecule has 0 aromatic heterocycles. The summed E-state index contributed by atoms with van der Waals surface area (Å²) in [7, 11) is 1.66. The van der Waals surface area contributed by atoms with Crippen LogP contribution in [0.15, 0.2) is 29.3 Å². The molecule has 0 amide bonds. The Kier molecular flexibility index (Phi) is 6.38. The second kappa shape index (κ2) is 8.55. The van der Waals surface area contributed by atoms with Crippen molar-refractivity contribution < 1.29 is 4.74 Å². The Hall–Kier alpha value is -1.71. The van der Waals surface area contributed by atoms with Gasteiger partial charge in [-0.25, -0.2) is 0 Å². The summed E-state index contributed by atoms with van der Waals surface area (Å²) >= 11 is 0. The van der Waals surface area contributed by atoms with E-state index in [1.54, 1.807) is 7.11 Å². The first-order chi connectivity index (χ1) is 10.3. The van der Waals surface area contributed by atoms with Gasteiger partial charge in [0.05, 0.1) is 7.11 Å². The summed E-state index contributed by atoms with van der Waals surface area (Å²) in [5, 5.41) is 3.10. The highest BCUT2D eigenvalue weighted by Crippen LogP contribution is 2.27. The average molecular weight is 289 g/mol. The van der Waals surface area contributed by atoms with Crippen molar-refractivity contribution in [2.24, 2.45) is 16.6 Å². The summed E-state index contributed by atoms with van der Waals surface area (Å²) in [4.78, 5) is 4.40. The van der Waals surface area contributed by atoms with Gasteiger partial charge in [0, 0.05) is 12.2 Å². The molecular formula is C17H27N3O. The first-order valence-corrected chi connectivity index (χ1v) is 7.99. The zero-order valence-corrected chi connectivity index (χ0v) is 13.0. The van der Waals surface area contributed by atoms with Crippen LogP contribution < -0.4 is 15.8 Å². The summed E-state index contributed by atoms with van der Waals surface area (Å²) < 4.78 is 5.12. The van der Waals surface area contributed by atoms with Crippen LogP contribution in [0.2, 0.25) is 0 Å². The molecule has 2 rings (SSSR count). The molecule has 0 unspecified atom stereocenters. The van der Waals surface area contributed by atoms with Crippen molar-refractivity contribution in [2.45, 2.75) is 44.9 Å². The van der Waals surface area contributed by atoms with Gasteiger partial charge in [0.15, 0.2) is 5.96 Å². The molecule has 1 aromatic carbocycles. The lowest BCUT2D eigenvalue weighted by atomic mass is 9.86. The molecule has 0 saturated heterocycles. The van der Waals surface area contributed by atoms with Crippen LogP contribution in [0, 0.1) is 5.92 Å². The fourth-order valence-electron chi connectivity index (χ4n) is 2.92. The highest BCUT2D eigenvalue weighted by Gasteiger charge is 2.12. The Bertz CT molecular complexity index is 436. The van der Waals surface area contributed by atoms with E-state index in [0.717, 1.165) is 30.3 Å². The molecule has 116 valence electrons. The lowest BCUT2D eigenvalue weighted by Gasteiger charge is -2.20. The van der Waals surface area contributed by atoms with Gasteiger partial charge in [-0.05, 0) is 43.0 Å². The molecule has 0 spiro atoms. The van der Waals surface area contributed by atoms with Gasteiger partial charge >= 0.3 is 0 Å². The molecule has 4 heteroatoms. The Morgan fingerprint density at radius 1 is 1.24 bits per heavy atom. The number of ether oxygens (including phenoxy) is 1. The lowest BCUT2D eigenvalue weighted by Crippen LogP contribution is -2.22. The number of benzene rings is 1. The molecule has 4 nitrogen and oxygen atoms in total. The Morgan fingerprint density at radius 3 is 2.62 bits per heavy atom. The van der Waals surface area contributed by atoms with Gasteiger partial charge in [0.2, 0.25) is 0 Å². The quantitative estimate of drug-likeness (QED) is 0.476. The maximum Gasteiger partial charge on any atom is 0.193 e. The van der Waals surface area contributed by atoms with Crippen molar-refractivity contribution in [3.63, 3.8) is 0 Å². The number of nitrogens with zero attached hydrogens (tertiary/aromatic N) is 1. The van der Waals surface area contributed by atoms with Crippen LogP contribution in [0.5, 0.6) is 5.75 Å². The average Bonchev–Trinajstić information content (AvgIpc) is 2.53. The summed E-state index contributed by atoms with van der Waals surface area (Å²) in [5.41, 5.74) is 6.84. The van der Waals surface area contributed by atoms with Crippen LogP contribution in [0.25, 0.3) is 0 Å². The van der Waals surface area contributed by atoms with Gasteiger partial charge in [-0.15, -0.1) is 0 Å². The molecule has 1 saturated carbocycles. The molecule has 1 aromatic rings. The molecule has 1 aliphatic carbocycles. The smallest absolute Gasteiger partial charge is 0.193 e. The minimum atomic E-state index is 0.490. The van der Waals surface area contributed by atoms with Crippen molar-refractivity contribution in [3.8, 4) is 5.75 Å². The Balaban J connectivity index is 1.68. The van der Waals surface area contributed by atoms with E-state index in [9.17, 15) is 0 Å². The number of hydrogen-bond donors (Lipinski definition) is 2. The fraction of sp³-hybridized carbons (Fsp3) is 0.588. The minimum absolute atomic E-state index is 0.490. The summed E-state index contributed by atoms with van der Waals surface area (Å²) in [6.45, 7) is 0.811. The van der Waals surface area contributed by atoms with E-state index in [4.69, 9.17) is 10.5 Å². The normalized spacial score (nSPS) is 16.7. The minimum Gasteiger partial charge on any atom is -0.497 e. The number of nitrogens with two attached hydrogens (primary N) is 1. The second-order valence-electron chi connectivity index (χ2n) is 5.77. The first-order valence-electron chi connectivity index (χ1n) is 7.99. The van der Waals surface area contributed by atoms with Crippen LogP contribution in [-0.2, 0) is 0 Å². The van der Waals surface area contributed by atoms with E-state index >= 15 is 0 Å². The van der Waals surface area contributed by atoms with Crippen molar-refractivity contribution in [3.05, 3.63) is 24.3 Å². The maximum atomic E-state index is 5.90. The predicted octanol–water partition coefficient (Wildman–Crippen LogP) is 3.78. The number of anilines is 1. The van der Waals surface area contributed by atoms with E-state index < -0.39 is 0 Å². The van der Waals surface area contributed by atoms with Crippen LogP contribution in [0.1, 0.15) is 44.9 Å². The predicted molar refractivity (Wildman–Crippen MR) is 88.9 cm³/mol. The van der Waals surface area contributed by atoms with Crippen molar-refractivity contribution >= 4 is 11.6 Å². The van der Waals surface area contributed by atoms with Gasteiger partial charge in [0.25, 0.3) is 0 Å². The molecule has 0 bridgehead atoms. The SMILES string of the molecule is COc1ccc(NC(N)=NCCCC2CCCCC2)cc1. The number of hydrogen-bond acceptors (Lipinski definition) is 2. The van der Waals surface area contributed by atoms with E-state index in [-0.39, 0.29) is 0 Å². The summed E-state index contributed by atoms with van der Waals surface area (Å²) in [5.74, 6) is 2.25. The van der Waals surface area contributed by atoms with Gasteiger partial charge < -0.3 is 15.8 Å². The largest absolute Gasteiger partial charge is 0.497 e. The standard InChI is InChI=1S/C17H27N3O/c1-21-16-11-9-15(10-12-16)20-17(18)19-13-5-8-14-6-3-2-4-7-14/h9-12,14H,2-8,13H2,1H3,(H3,18,19,20). The second-order valence-corrected chi connectivity index (χ2v) is 5.77. The summed E-state index contributed by atoms with van der Waals surface area (Å²) in [6, 6.07) is 7.67.